The van der Waals surface area contributed by atoms with Gasteiger partial charge in [-0.05, 0) is 36.1 Å². The van der Waals surface area contributed by atoms with Gasteiger partial charge in [-0.3, -0.25) is 9.59 Å². The average Bonchev–Trinajstić information content (AvgIpc) is 3.04. The molecule has 0 aromatic heterocycles. The van der Waals surface area contributed by atoms with Gasteiger partial charge in [0.1, 0.15) is 18.0 Å². The number of carbonyl (C=O) groups excluding carboxylic acids is 2. The second kappa shape index (κ2) is 7.40. The molecule has 2 saturated heterocycles. The minimum Gasteiger partial charge on any atom is -0.497 e. The van der Waals surface area contributed by atoms with Crippen molar-refractivity contribution in [2.24, 2.45) is 11.8 Å². The number of likely N-dealkylation sites (tertiary alicyclic amines) is 2. The molecule has 0 spiro atoms. The Morgan fingerprint density at radius 2 is 1.93 bits per heavy atom. The van der Waals surface area contributed by atoms with Gasteiger partial charge in [-0.25, -0.2) is 4.39 Å². The van der Waals surface area contributed by atoms with Gasteiger partial charge in [-0.2, -0.15) is 5.26 Å². The van der Waals surface area contributed by atoms with E-state index in [-0.39, 0.29) is 37.4 Å². The van der Waals surface area contributed by atoms with Crippen LogP contribution in [0.2, 0.25) is 0 Å². The number of halogens is 1. The van der Waals surface area contributed by atoms with E-state index in [2.05, 4.69) is 5.32 Å². The summed E-state index contributed by atoms with van der Waals surface area (Å²) < 4.78 is 18.6. The number of rotatable bonds is 5. The average molecular weight is 386 g/mol. The number of hydrogen-bond acceptors (Lipinski definition) is 5. The molecule has 4 atom stereocenters. The first kappa shape index (κ1) is 18.7. The summed E-state index contributed by atoms with van der Waals surface area (Å²) in [5.74, 6) is 1.17. The normalized spacial score (nSPS) is 30.7. The van der Waals surface area contributed by atoms with Crippen molar-refractivity contribution in [3.8, 4) is 11.8 Å². The lowest BCUT2D eigenvalue weighted by atomic mass is 10.2. The number of fused-ring (bicyclic) bond motifs is 1. The highest BCUT2D eigenvalue weighted by Gasteiger charge is 2.56. The van der Waals surface area contributed by atoms with Gasteiger partial charge in [-0.15, -0.1) is 0 Å². The molecule has 2 heterocycles. The molecule has 1 aromatic rings. The summed E-state index contributed by atoms with van der Waals surface area (Å²) in [6.07, 6.45) is -1.02. The molecule has 3 fully saturated rings. The molecule has 1 N–H and O–H groups in total. The summed E-state index contributed by atoms with van der Waals surface area (Å²) in [4.78, 5) is 28.1. The first-order chi connectivity index (χ1) is 13.5. The number of alkyl halides is 1. The summed E-state index contributed by atoms with van der Waals surface area (Å²) >= 11 is 0. The third-order valence-electron chi connectivity index (χ3n) is 6.03. The SMILES string of the molecule is COc1ccc(C(=O)N2CC3C(C2)C3NCC(=O)N2C[C@@H](F)C[C@H]2C#N)cc1. The smallest absolute Gasteiger partial charge is 0.253 e. The fourth-order valence-electron chi connectivity index (χ4n) is 4.40. The van der Waals surface area contributed by atoms with Crippen LogP contribution in [0.25, 0.3) is 0 Å². The van der Waals surface area contributed by atoms with Crippen LogP contribution in [0.5, 0.6) is 5.75 Å². The molecule has 28 heavy (non-hydrogen) atoms. The topological polar surface area (TPSA) is 85.7 Å². The Bertz CT molecular complexity index is 797. The lowest BCUT2D eigenvalue weighted by molar-refractivity contribution is -0.130. The van der Waals surface area contributed by atoms with Gasteiger partial charge in [0, 0.05) is 31.1 Å². The second-order valence-electron chi connectivity index (χ2n) is 7.70. The summed E-state index contributed by atoms with van der Waals surface area (Å²) in [6, 6.07) is 8.60. The first-order valence-corrected chi connectivity index (χ1v) is 9.51. The summed E-state index contributed by atoms with van der Waals surface area (Å²) in [6.45, 7) is 1.44. The van der Waals surface area contributed by atoms with E-state index >= 15 is 0 Å². The maximum Gasteiger partial charge on any atom is 0.253 e. The van der Waals surface area contributed by atoms with Crippen LogP contribution in [-0.4, -0.2) is 73.2 Å². The Balaban J connectivity index is 1.24. The van der Waals surface area contributed by atoms with Gasteiger partial charge in [-0.1, -0.05) is 0 Å². The third-order valence-corrected chi connectivity index (χ3v) is 6.03. The van der Waals surface area contributed by atoms with Crippen molar-refractivity contribution in [1.82, 2.24) is 15.1 Å². The van der Waals surface area contributed by atoms with Crippen molar-refractivity contribution in [1.29, 1.82) is 5.26 Å². The van der Waals surface area contributed by atoms with Crippen LogP contribution in [-0.2, 0) is 4.79 Å². The summed E-state index contributed by atoms with van der Waals surface area (Å²) in [7, 11) is 1.59. The number of piperidine rings is 1. The zero-order chi connectivity index (χ0) is 19.8. The van der Waals surface area contributed by atoms with E-state index in [0.717, 1.165) is 0 Å². The molecule has 7 nitrogen and oxygen atoms in total. The number of hydrogen-bond donors (Lipinski definition) is 1. The molecule has 148 valence electrons. The zero-order valence-corrected chi connectivity index (χ0v) is 15.7. The van der Waals surface area contributed by atoms with Crippen LogP contribution in [0, 0.1) is 23.2 Å². The molecule has 1 aliphatic carbocycles. The van der Waals surface area contributed by atoms with Crippen LogP contribution in [0.15, 0.2) is 24.3 Å². The number of ether oxygens (including phenoxy) is 1. The van der Waals surface area contributed by atoms with Crippen LogP contribution in [0.3, 0.4) is 0 Å². The number of methoxy groups -OCH3 is 1. The number of amides is 2. The van der Waals surface area contributed by atoms with Gasteiger partial charge < -0.3 is 19.9 Å². The van der Waals surface area contributed by atoms with Crippen molar-refractivity contribution in [2.45, 2.75) is 24.7 Å². The Kier molecular flexibility index (Phi) is 4.94. The van der Waals surface area contributed by atoms with Crippen molar-refractivity contribution in [3.63, 3.8) is 0 Å². The third kappa shape index (κ3) is 3.42. The molecular weight excluding hydrogens is 363 g/mol. The van der Waals surface area contributed by atoms with E-state index in [1.54, 1.807) is 31.4 Å². The Morgan fingerprint density at radius 1 is 1.25 bits per heavy atom. The minimum atomic E-state index is -1.12. The molecule has 0 bridgehead atoms. The van der Waals surface area contributed by atoms with Crippen LogP contribution < -0.4 is 10.1 Å². The first-order valence-electron chi connectivity index (χ1n) is 9.51. The quantitative estimate of drug-likeness (QED) is 0.810. The van der Waals surface area contributed by atoms with E-state index < -0.39 is 12.2 Å². The van der Waals surface area contributed by atoms with E-state index in [0.29, 0.717) is 36.2 Å². The Labute approximate surface area is 163 Å². The van der Waals surface area contributed by atoms with E-state index in [1.165, 1.54) is 4.90 Å². The van der Waals surface area contributed by atoms with Crippen LogP contribution in [0.4, 0.5) is 4.39 Å². The Morgan fingerprint density at radius 3 is 2.54 bits per heavy atom. The van der Waals surface area contributed by atoms with Gasteiger partial charge >= 0.3 is 0 Å². The number of nitrogens with zero attached hydrogens (tertiary/aromatic N) is 3. The molecule has 4 rings (SSSR count). The summed E-state index contributed by atoms with van der Waals surface area (Å²) in [5.41, 5.74) is 0.638. The number of nitriles is 1. The fraction of sp³-hybridized carbons (Fsp3) is 0.550. The van der Waals surface area contributed by atoms with Crippen molar-refractivity contribution in [2.75, 3.05) is 33.3 Å². The molecule has 3 aliphatic rings. The highest BCUT2D eigenvalue weighted by Crippen LogP contribution is 2.45. The van der Waals surface area contributed by atoms with E-state index in [1.807, 2.05) is 11.0 Å². The van der Waals surface area contributed by atoms with E-state index in [9.17, 15) is 14.0 Å². The van der Waals surface area contributed by atoms with Gasteiger partial charge in [0.25, 0.3) is 5.91 Å². The molecule has 2 unspecified atom stereocenters. The van der Waals surface area contributed by atoms with E-state index in [4.69, 9.17) is 10.00 Å². The van der Waals surface area contributed by atoms with Crippen molar-refractivity contribution < 1.29 is 18.7 Å². The molecule has 1 aromatic carbocycles. The highest BCUT2D eigenvalue weighted by molar-refractivity contribution is 5.94. The van der Waals surface area contributed by atoms with Gasteiger partial charge in [0.05, 0.1) is 26.3 Å². The van der Waals surface area contributed by atoms with Crippen LogP contribution >= 0.6 is 0 Å². The number of benzene rings is 1. The summed E-state index contributed by atoms with van der Waals surface area (Å²) in [5, 5.41) is 12.3. The maximum absolute atomic E-state index is 13.5. The molecule has 2 aliphatic heterocycles. The molecule has 0 radical (unpaired) electrons. The standard InChI is InChI=1S/C20H23FN4O3/c1-28-15-4-2-12(3-5-15)20(27)24-10-16-17(11-24)19(16)23-8-18(26)25-9-13(21)6-14(25)7-22/h2-5,13-14,16-17,19,23H,6,8-11H2,1H3/t13-,14-,16?,17?,19?/m0/s1. The molecule has 1 saturated carbocycles. The second-order valence-corrected chi connectivity index (χ2v) is 7.70. The maximum atomic E-state index is 13.5. The number of carbonyl (C=O) groups is 2. The predicted molar refractivity (Wildman–Crippen MR) is 98.3 cm³/mol. The monoisotopic (exact) mass is 386 g/mol. The number of nitrogens with one attached hydrogen (secondary N) is 1. The minimum absolute atomic E-state index is 0.000401. The largest absolute Gasteiger partial charge is 0.497 e. The molecule has 2 amide bonds. The lowest BCUT2D eigenvalue weighted by Gasteiger charge is -2.22. The highest BCUT2D eigenvalue weighted by atomic mass is 19.1. The zero-order valence-electron chi connectivity index (χ0n) is 15.7. The van der Waals surface area contributed by atoms with Crippen molar-refractivity contribution >= 4 is 11.8 Å². The molecule has 8 heteroatoms. The van der Waals surface area contributed by atoms with Gasteiger partial charge in [0.2, 0.25) is 5.91 Å². The Hall–Kier alpha value is -2.66. The van der Waals surface area contributed by atoms with Crippen molar-refractivity contribution in [3.05, 3.63) is 29.8 Å². The fourth-order valence-corrected chi connectivity index (χ4v) is 4.40. The lowest BCUT2D eigenvalue weighted by Crippen LogP contribution is -2.43. The molecular formula is C20H23FN4O3. The van der Waals surface area contributed by atoms with Crippen LogP contribution in [0.1, 0.15) is 16.8 Å². The predicted octanol–water partition coefficient (Wildman–Crippen LogP) is 0.818. The van der Waals surface area contributed by atoms with Gasteiger partial charge in [0.15, 0.2) is 0 Å².